The van der Waals surface area contributed by atoms with Crippen molar-refractivity contribution >= 4 is 11.9 Å². The zero-order valence-corrected chi connectivity index (χ0v) is 10.5. The van der Waals surface area contributed by atoms with Gasteiger partial charge in [0.05, 0.1) is 5.92 Å². The van der Waals surface area contributed by atoms with Crippen molar-refractivity contribution in [2.24, 2.45) is 11.3 Å². The summed E-state index contributed by atoms with van der Waals surface area (Å²) in [6, 6.07) is -0.249. The molecule has 1 atom stereocenters. The van der Waals surface area contributed by atoms with E-state index in [-0.39, 0.29) is 23.3 Å². The van der Waals surface area contributed by atoms with Crippen LogP contribution in [0.2, 0.25) is 0 Å². The second kappa shape index (κ2) is 4.64. The maximum atomic E-state index is 11.7. The molecule has 5 nitrogen and oxygen atoms in total. The Labute approximate surface area is 101 Å². The molecule has 2 fully saturated rings. The maximum absolute atomic E-state index is 11.7. The zero-order chi connectivity index (χ0) is 12.5. The molecule has 0 saturated carbocycles. The molecule has 2 aliphatic rings. The van der Waals surface area contributed by atoms with Crippen molar-refractivity contribution in [1.82, 2.24) is 10.2 Å². The number of nitrogens with one attached hydrogen (secondary N) is 1. The summed E-state index contributed by atoms with van der Waals surface area (Å²) >= 11 is 0. The molecule has 5 heteroatoms. The minimum Gasteiger partial charge on any atom is -0.381 e. The van der Waals surface area contributed by atoms with Crippen molar-refractivity contribution in [2.45, 2.75) is 26.7 Å². The number of carbonyl (C=O) groups is 2. The van der Waals surface area contributed by atoms with Gasteiger partial charge in [-0.1, -0.05) is 13.8 Å². The minimum absolute atomic E-state index is 0.115. The van der Waals surface area contributed by atoms with Gasteiger partial charge in [-0.25, -0.2) is 4.79 Å². The number of nitrogens with zero attached hydrogens (tertiary/aromatic N) is 1. The van der Waals surface area contributed by atoms with Crippen molar-refractivity contribution in [3.63, 3.8) is 0 Å². The Hall–Kier alpha value is -1.10. The van der Waals surface area contributed by atoms with Crippen LogP contribution in [0, 0.1) is 11.3 Å². The SMILES string of the molecule is CC1CN(CC2(C)CCOCC2)C(=O)NC1=O. The Morgan fingerprint density at radius 3 is 2.71 bits per heavy atom. The minimum atomic E-state index is -0.249. The number of carbonyl (C=O) groups excluding carboxylic acids is 2. The zero-order valence-electron chi connectivity index (χ0n) is 10.5. The van der Waals surface area contributed by atoms with Gasteiger partial charge < -0.3 is 9.64 Å². The molecule has 2 heterocycles. The van der Waals surface area contributed by atoms with Gasteiger partial charge in [0.15, 0.2) is 0 Å². The fourth-order valence-electron chi connectivity index (χ4n) is 2.42. The van der Waals surface area contributed by atoms with Crippen LogP contribution in [0.15, 0.2) is 0 Å². The van der Waals surface area contributed by atoms with Gasteiger partial charge in [0.1, 0.15) is 0 Å². The smallest absolute Gasteiger partial charge is 0.324 e. The molecule has 0 bridgehead atoms. The van der Waals surface area contributed by atoms with Crippen LogP contribution in [0.1, 0.15) is 26.7 Å². The molecule has 0 aromatic carbocycles. The van der Waals surface area contributed by atoms with Gasteiger partial charge in [-0.15, -0.1) is 0 Å². The normalized spacial score (nSPS) is 29.1. The van der Waals surface area contributed by atoms with Crippen LogP contribution >= 0.6 is 0 Å². The summed E-state index contributed by atoms with van der Waals surface area (Å²) < 4.78 is 5.35. The van der Waals surface area contributed by atoms with Gasteiger partial charge in [0, 0.05) is 26.3 Å². The van der Waals surface area contributed by atoms with E-state index in [1.165, 1.54) is 0 Å². The highest BCUT2D eigenvalue weighted by atomic mass is 16.5. The van der Waals surface area contributed by atoms with E-state index in [1.807, 2.05) is 6.92 Å². The monoisotopic (exact) mass is 240 g/mol. The third kappa shape index (κ3) is 2.77. The van der Waals surface area contributed by atoms with E-state index in [9.17, 15) is 9.59 Å². The van der Waals surface area contributed by atoms with Crippen LogP contribution in [0.25, 0.3) is 0 Å². The first kappa shape index (κ1) is 12.4. The predicted octanol–water partition coefficient (Wildman–Crippen LogP) is 0.991. The summed E-state index contributed by atoms with van der Waals surface area (Å²) in [6.07, 6.45) is 1.94. The first-order chi connectivity index (χ1) is 8.00. The largest absolute Gasteiger partial charge is 0.381 e. The number of urea groups is 1. The number of amides is 3. The molecule has 2 aliphatic heterocycles. The van der Waals surface area contributed by atoms with Crippen molar-refractivity contribution in [3.05, 3.63) is 0 Å². The number of hydrogen-bond acceptors (Lipinski definition) is 3. The third-order valence-corrected chi connectivity index (χ3v) is 3.73. The highest BCUT2D eigenvalue weighted by molar-refractivity contribution is 5.97. The maximum Gasteiger partial charge on any atom is 0.324 e. The predicted molar refractivity (Wildman–Crippen MR) is 62.4 cm³/mol. The Bertz CT molecular complexity index is 324. The molecule has 2 saturated heterocycles. The van der Waals surface area contributed by atoms with E-state index in [0.717, 1.165) is 26.1 Å². The van der Waals surface area contributed by atoms with Crippen LogP contribution in [0.4, 0.5) is 4.79 Å². The molecular formula is C12H20N2O3. The first-order valence-corrected chi connectivity index (χ1v) is 6.18. The van der Waals surface area contributed by atoms with E-state index in [0.29, 0.717) is 13.1 Å². The number of rotatable bonds is 2. The standard InChI is InChI=1S/C12H20N2O3/c1-9-7-14(11(16)13-10(9)15)8-12(2)3-5-17-6-4-12/h9H,3-8H2,1-2H3,(H,13,15,16). The first-order valence-electron chi connectivity index (χ1n) is 6.18. The molecule has 0 aromatic heterocycles. The lowest BCUT2D eigenvalue weighted by atomic mass is 9.81. The molecule has 2 rings (SSSR count). The van der Waals surface area contributed by atoms with E-state index in [1.54, 1.807) is 4.90 Å². The van der Waals surface area contributed by atoms with Crippen molar-refractivity contribution < 1.29 is 14.3 Å². The summed E-state index contributed by atoms with van der Waals surface area (Å²) in [4.78, 5) is 24.8. The highest BCUT2D eigenvalue weighted by Gasteiger charge is 2.35. The molecular weight excluding hydrogens is 220 g/mol. The van der Waals surface area contributed by atoms with Gasteiger partial charge in [-0.2, -0.15) is 0 Å². The van der Waals surface area contributed by atoms with Crippen LogP contribution < -0.4 is 5.32 Å². The van der Waals surface area contributed by atoms with Gasteiger partial charge in [0.25, 0.3) is 0 Å². The van der Waals surface area contributed by atoms with Crippen molar-refractivity contribution in [2.75, 3.05) is 26.3 Å². The summed E-state index contributed by atoms with van der Waals surface area (Å²) in [5, 5.41) is 2.40. The van der Waals surface area contributed by atoms with Gasteiger partial charge in [-0.3, -0.25) is 10.1 Å². The third-order valence-electron chi connectivity index (χ3n) is 3.73. The van der Waals surface area contributed by atoms with Crippen molar-refractivity contribution in [3.8, 4) is 0 Å². The lowest BCUT2D eigenvalue weighted by Gasteiger charge is -2.40. The Balaban J connectivity index is 1.98. The van der Waals surface area contributed by atoms with Gasteiger partial charge in [-0.05, 0) is 18.3 Å². The lowest BCUT2D eigenvalue weighted by Crippen LogP contribution is -2.56. The highest BCUT2D eigenvalue weighted by Crippen LogP contribution is 2.31. The van der Waals surface area contributed by atoms with Gasteiger partial charge in [0.2, 0.25) is 5.91 Å². The fourth-order valence-corrected chi connectivity index (χ4v) is 2.42. The van der Waals surface area contributed by atoms with Crippen LogP contribution in [-0.4, -0.2) is 43.1 Å². The molecule has 0 aliphatic carbocycles. The molecule has 0 radical (unpaired) electrons. The van der Waals surface area contributed by atoms with Gasteiger partial charge >= 0.3 is 6.03 Å². The summed E-state index contributed by atoms with van der Waals surface area (Å²) in [7, 11) is 0. The second-order valence-electron chi connectivity index (χ2n) is 5.50. The van der Waals surface area contributed by atoms with E-state index >= 15 is 0 Å². The van der Waals surface area contributed by atoms with Crippen molar-refractivity contribution in [1.29, 1.82) is 0 Å². The van der Waals surface area contributed by atoms with E-state index < -0.39 is 0 Å². The Morgan fingerprint density at radius 1 is 1.41 bits per heavy atom. The summed E-state index contributed by atoms with van der Waals surface area (Å²) in [5.41, 5.74) is 0.121. The Kier molecular flexibility index (Phi) is 3.38. The average molecular weight is 240 g/mol. The number of hydrogen-bond donors (Lipinski definition) is 1. The quantitative estimate of drug-likeness (QED) is 0.783. The Morgan fingerprint density at radius 2 is 2.06 bits per heavy atom. The van der Waals surface area contributed by atoms with Crippen LogP contribution in [-0.2, 0) is 9.53 Å². The topological polar surface area (TPSA) is 58.6 Å². The molecule has 1 N–H and O–H groups in total. The van der Waals surface area contributed by atoms with E-state index in [4.69, 9.17) is 4.74 Å². The molecule has 1 unspecified atom stereocenters. The lowest BCUT2D eigenvalue weighted by molar-refractivity contribution is -0.125. The molecule has 3 amide bonds. The molecule has 96 valence electrons. The second-order valence-corrected chi connectivity index (χ2v) is 5.50. The molecule has 0 spiro atoms. The van der Waals surface area contributed by atoms with E-state index in [2.05, 4.69) is 12.2 Å². The molecule has 0 aromatic rings. The summed E-state index contributed by atoms with van der Waals surface area (Å²) in [5.74, 6) is -0.278. The van der Waals surface area contributed by atoms with Crippen LogP contribution in [0.5, 0.6) is 0 Å². The molecule has 17 heavy (non-hydrogen) atoms. The van der Waals surface area contributed by atoms with Crippen LogP contribution in [0.3, 0.4) is 0 Å². The number of ether oxygens (including phenoxy) is 1. The number of imide groups is 1. The fraction of sp³-hybridized carbons (Fsp3) is 0.833. The average Bonchev–Trinajstić information content (AvgIpc) is 2.26. The summed E-state index contributed by atoms with van der Waals surface area (Å²) in [6.45, 7) is 6.80.